The number of rotatable bonds is 10. The van der Waals surface area contributed by atoms with Gasteiger partial charge in [0, 0.05) is 49.4 Å². The van der Waals surface area contributed by atoms with Crippen molar-refractivity contribution in [2.75, 3.05) is 25.4 Å². The van der Waals surface area contributed by atoms with Crippen molar-refractivity contribution in [3.05, 3.63) is 77.0 Å². The van der Waals surface area contributed by atoms with E-state index in [1.165, 1.54) is 10.1 Å². The van der Waals surface area contributed by atoms with E-state index in [0.29, 0.717) is 29.5 Å². The third-order valence-corrected chi connectivity index (χ3v) is 9.96. The predicted octanol–water partition coefficient (Wildman–Crippen LogP) is 3.98. The van der Waals surface area contributed by atoms with Gasteiger partial charge in [-0.25, -0.2) is 4.79 Å². The van der Waals surface area contributed by atoms with Gasteiger partial charge in [-0.2, -0.15) is 5.10 Å². The molecule has 1 unspecified atom stereocenters. The molecule has 1 atom stereocenters. The van der Waals surface area contributed by atoms with Crippen molar-refractivity contribution in [1.29, 1.82) is 0 Å². The number of piperidine rings is 2. The van der Waals surface area contributed by atoms with Gasteiger partial charge in [-0.15, -0.1) is 10.2 Å². The molecule has 5 heterocycles. The van der Waals surface area contributed by atoms with Gasteiger partial charge in [-0.05, 0) is 81.0 Å². The maximum Gasteiger partial charge on any atom is 0.329 e. The molecular weight excluding hydrogens is 622 g/mol. The Morgan fingerprint density at radius 3 is 2.55 bits per heavy atom. The molecule has 2 aliphatic heterocycles. The number of nitrogen functional groups attached to an aromatic ring is 1. The van der Waals surface area contributed by atoms with Crippen LogP contribution in [0.5, 0.6) is 5.75 Å². The summed E-state index contributed by atoms with van der Waals surface area (Å²) in [4.78, 5) is 39.7. The minimum atomic E-state index is -0.670. The van der Waals surface area contributed by atoms with Crippen LogP contribution in [0.25, 0.3) is 33.4 Å². The van der Waals surface area contributed by atoms with Gasteiger partial charge in [-0.1, -0.05) is 24.6 Å². The Morgan fingerprint density at radius 2 is 1.76 bits per heavy atom. The second kappa shape index (κ2) is 13.7. The van der Waals surface area contributed by atoms with Crippen molar-refractivity contribution in [2.45, 2.75) is 63.5 Å². The molecule has 2 aliphatic rings. The van der Waals surface area contributed by atoms with E-state index in [1.54, 1.807) is 29.8 Å². The lowest BCUT2D eigenvalue weighted by molar-refractivity contribution is -0.135. The summed E-state index contributed by atoms with van der Waals surface area (Å²) in [6, 6.07) is 14.6. The Kier molecular flexibility index (Phi) is 9.00. The van der Waals surface area contributed by atoms with Crippen LogP contribution >= 0.6 is 0 Å². The van der Waals surface area contributed by atoms with Gasteiger partial charge >= 0.3 is 5.69 Å². The summed E-state index contributed by atoms with van der Waals surface area (Å²) in [7, 11) is 1.73. The maximum absolute atomic E-state index is 13.0. The number of phenolic OH excluding ortho intramolecular Hbond substituents is 1. The van der Waals surface area contributed by atoms with E-state index >= 15 is 0 Å². The first-order chi connectivity index (χ1) is 23.8. The summed E-state index contributed by atoms with van der Waals surface area (Å²) in [5, 5.41) is 25.6. The Balaban J connectivity index is 0.886. The number of amides is 2. The highest BCUT2D eigenvalue weighted by molar-refractivity contribution is 6.00. The number of carbonyl (C=O) groups is 2. The van der Waals surface area contributed by atoms with Crippen LogP contribution in [-0.2, 0) is 23.1 Å². The average Bonchev–Trinajstić information content (AvgIpc) is 3.68. The van der Waals surface area contributed by atoms with Gasteiger partial charge in [0.25, 0.3) is 0 Å². The molecule has 4 N–H and O–H groups in total. The lowest BCUT2D eigenvalue weighted by atomic mass is 10.0. The summed E-state index contributed by atoms with van der Waals surface area (Å²) in [6.45, 7) is 3.10. The van der Waals surface area contributed by atoms with Crippen LogP contribution in [0.15, 0.2) is 65.7 Å². The summed E-state index contributed by atoms with van der Waals surface area (Å²) in [6.07, 6.45) is 10.7. The molecule has 7 rings (SSSR count). The molecule has 13 heteroatoms. The van der Waals surface area contributed by atoms with Crippen LogP contribution < -0.4 is 16.7 Å². The molecule has 0 bridgehead atoms. The molecule has 2 amide bonds. The molecule has 49 heavy (non-hydrogen) atoms. The van der Waals surface area contributed by atoms with E-state index in [1.807, 2.05) is 41.3 Å². The number of unbranched alkanes of at least 4 members (excludes halogenated alkanes) is 2. The largest absolute Gasteiger partial charge is 0.507 e. The quantitative estimate of drug-likeness (QED) is 0.148. The molecule has 0 aliphatic carbocycles. The Labute approximate surface area is 283 Å². The normalized spacial score (nSPS) is 17.5. The van der Waals surface area contributed by atoms with Crippen LogP contribution in [0.2, 0.25) is 0 Å². The first kappa shape index (κ1) is 32.3. The van der Waals surface area contributed by atoms with E-state index in [0.717, 1.165) is 80.3 Å². The third kappa shape index (κ3) is 6.58. The second-order valence-corrected chi connectivity index (χ2v) is 13.1. The molecule has 0 saturated carbocycles. The third-order valence-electron chi connectivity index (χ3n) is 9.96. The fraction of sp³-hybridized carbons (Fsp3) is 0.389. The number of imide groups is 1. The molecule has 5 aromatic rings. The standard InChI is InChI=1S/C36H41N9O4/c1-42-31-19-23(10-11-29(31)45(36(42)49)30-12-13-33(47)39-35(30)48)7-3-2-6-16-43-17-14-25(15-18-43)44-22-24(21-38-44)27-20-28(40-41-34(27)37)26-8-4-5-9-32(26)46/h4-5,8-11,19-22,25,30,46H,2-3,6-7,12-18H2,1H3,(H2,37,41)(H,39,47,48). The lowest BCUT2D eigenvalue weighted by Gasteiger charge is -2.32. The lowest BCUT2D eigenvalue weighted by Crippen LogP contribution is -2.44. The van der Waals surface area contributed by atoms with Gasteiger partial charge in [0.05, 0.1) is 29.0 Å². The molecule has 2 fully saturated rings. The Hall–Kier alpha value is -5.30. The van der Waals surface area contributed by atoms with Crippen LogP contribution in [-0.4, -0.2) is 70.6 Å². The van der Waals surface area contributed by atoms with Crippen molar-refractivity contribution in [1.82, 2.24) is 39.3 Å². The number of hydrogen-bond acceptors (Lipinski definition) is 9. The van der Waals surface area contributed by atoms with E-state index in [2.05, 4.69) is 31.6 Å². The number of imidazole rings is 1. The number of aromatic nitrogens is 6. The molecule has 2 saturated heterocycles. The number of nitrogens with zero attached hydrogens (tertiary/aromatic N) is 7. The number of phenols is 1. The van der Waals surface area contributed by atoms with Crippen LogP contribution in [0.1, 0.15) is 62.6 Å². The summed E-state index contributed by atoms with van der Waals surface area (Å²) in [5.74, 6) is -0.246. The topological polar surface area (TPSA) is 166 Å². The van der Waals surface area contributed by atoms with Gasteiger partial charge in [0.2, 0.25) is 11.8 Å². The highest BCUT2D eigenvalue weighted by Crippen LogP contribution is 2.33. The highest BCUT2D eigenvalue weighted by Gasteiger charge is 2.31. The summed E-state index contributed by atoms with van der Waals surface area (Å²) < 4.78 is 5.16. The van der Waals surface area contributed by atoms with Gasteiger partial charge in [-0.3, -0.25) is 28.7 Å². The SMILES string of the molecule is Cn1c(=O)n(C2CCC(=O)NC2=O)c2ccc(CCCCCN3CCC(n4cc(-c5cc(-c6ccccc6O)nnc5N)cn4)CC3)cc21. The monoisotopic (exact) mass is 663 g/mol. The number of likely N-dealkylation sites (tertiary alicyclic amines) is 1. The van der Waals surface area contributed by atoms with Crippen LogP contribution in [0, 0.1) is 0 Å². The predicted molar refractivity (Wildman–Crippen MR) is 186 cm³/mol. The first-order valence-corrected chi connectivity index (χ1v) is 17.0. The number of fused-ring (bicyclic) bond motifs is 1. The van der Waals surface area contributed by atoms with Gasteiger partial charge in [0.1, 0.15) is 11.8 Å². The molecule has 0 spiro atoms. The van der Waals surface area contributed by atoms with Crippen molar-refractivity contribution in [3.8, 4) is 28.1 Å². The van der Waals surface area contributed by atoms with Gasteiger partial charge in [0.15, 0.2) is 5.82 Å². The number of aryl methyl sites for hydroxylation is 2. The number of carbonyl (C=O) groups excluding carboxylic acids is 2. The molecule has 3 aromatic heterocycles. The maximum atomic E-state index is 13.0. The van der Waals surface area contributed by atoms with E-state index in [-0.39, 0.29) is 23.8 Å². The van der Waals surface area contributed by atoms with E-state index < -0.39 is 11.9 Å². The van der Waals surface area contributed by atoms with Crippen LogP contribution in [0.3, 0.4) is 0 Å². The average molecular weight is 664 g/mol. The zero-order valence-electron chi connectivity index (χ0n) is 27.6. The smallest absolute Gasteiger partial charge is 0.329 e. The number of benzene rings is 2. The summed E-state index contributed by atoms with van der Waals surface area (Å²) >= 11 is 0. The van der Waals surface area contributed by atoms with Crippen molar-refractivity contribution >= 4 is 28.7 Å². The first-order valence-electron chi connectivity index (χ1n) is 17.0. The highest BCUT2D eigenvalue weighted by atomic mass is 16.3. The zero-order chi connectivity index (χ0) is 34.1. The van der Waals surface area contributed by atoms with E-state index in [4.69, 9.17) is 5.73 Å². The van der Waals surface area contributed by atoms with Crippen molar-refractivity contribution < 1.29 is 14.7 Å². The number of anilines is 1. The minimum Gasteiger partial charge on any atom is -0.507 e. The number of para-hydroxylation sites is 1. The molecule has 13 nitrogen and oxygen atoms in total. The molecule has 0 radical (unpaired) electrons. The van der Waals surface area contributed by atoms with Gasteiger partial charge < -0.3 is 15.7 Å². The second-order valence-electron chi connectivity index (χ2n) is 13.1. The minimum absolute atomic E-state index is 0.141. The van der Waals surface area contributed by atoms with Crippen LogP contribution in [0.4, 0.5) is 5.82 Å². The number of nitrogens with one attached hydrogen (secondary N) is 1. The molecular formula is C36H41N9O4. The van der Waals surface area contributed by atoms with Crippen molar-refractivity contribution in [2.24, 2.45) is 7.05 Å². The Morgan fingerprint density at radius 1 is 0.939 bits per heavy atom. The Bertz CT molecular complexity index is 2070. The fourth-order valence-electron chi connectivity index (χ4n) is 7.17. The number of hydrogen-bond donors (Lipinski definition) is 3. The zero-order valence-corrected chi connectivity index (χ0v) is 27.6. The van der Waals surface area contributed by atoms with Crippen molar-refractivity contribution in [3.63, 3.8) is 0 Å². The van der Waals surface area contributed by atoms with E-state index in [9.17, 15) is 19.5 Å². The number of nitrogens with two attached hydrogens (primary N) is 1. The molecule has 254 valence electrons. The fourth-order valence-corrected chi connectivity index (χ4v) is 7.17. The summed E-state index contributed by atoms with van der Waals surface area (Å²) in [5.41, 5.74) is 11.4. The number of aromatic hydroxyl groups is 1. The molecule has 2 aromatic carbocycles.